The lowest BCUT2D eigenvalue weighted by Crippen LogP contribution is -2.37. The molecule has 2 rings (SSSR count). The average molecular weight is 312 g/mol. The Morgan fingerprint density at radius 1 is 1.43 bits per heavy atom. The maximum absolute atomic E-state index is 11.7. The van der Waals surface area contributed by atoms with Gasteiger partial charge in [0.05, 0.1) is 17.3 Å². The average Bonchev–Trinajstić information content (AvgIpc) is 2.74. The molecule has 0 radical (unpaired) electrons. The van der Waals surface area contributed by atoms with E-state index in [1.165, 1.54) is 0 Å². The van der Waals surface area contributed by atoms with Crippen LogP contribution in [0.4, 0.5) is 11.4 Å². The van der Waals surface area contributed by atoms with Crippen molar-refractivity contribution in [1.82, 2.24) is 0 Å². The van der Waals surface area contributed by atoms with E-state index in [2.05, 4.69) is 24.1 Å². The highest BCUT2D eigenvalue weighted by Crippen LogP contribution is 2.39. The molecule has 0 bridgehead atoms. The van der Waals surface area contributed by atoms with Crippen molar-refractivity contribution in [3.63, 3.8) is 0 Å². The van der Waals surface area contributed by atoms with Crippen LogP contribution in [0.5, 0.6) is 0 Å². The number of benzene rings is 1. The van der Waals surface area contributed by atoms with E-state index in [1.54, 1.807) is 6.07 Å². The highest BCUT2D eigenvalue weighted by atomic mass is 35.5. The second-order valence-electron chi connectivity index (χ2n) is 5.25. The lowest BCUT2D eigenvalue weighted by atomic mass is 10.1. The third-order valence-corrected chi connectivity index (χ3v) is 4.33. The second kappa shape index (κ2) is 6.64. The lowest BCUT2D eigenvalue weighted by molar-refractivity contribution is -0.116. The number of fused-ring (bicyclic) bond motifs is 1. The summed E-state index contributed by atoms with van der Waals surface area (Å²) >= 11 is 6.39. The van der Waals surface area contributed by atoms with Crippen molar-refractivity contribution in [2.24, 2.45) is 5.73 Å². The minimum absolute atomic E-state index is 0.0514. The molecular formula is C15H22ClN3O2. The summed E-state index contributed by atoms with van der Waals surface area (Å²) < 4.78 is 0. The number of nitrogens with two attached hydrogens (primary N) is 1. The molecule has 1 aromatic rings. The van der Waals surface area contributed by atoms with E-state index in [1.807, 2.05) is 6.07 Å². The first-order valence-corrected chi connectivity index (χ1v) is 7.68. The molecule has 1 atom stereocenters. The number of carbonyl (C=O) groups is 1. The van der Waals surface area contributed by atoms with Gasteiger partial charge in [0.15, 0.2) is 0 Å². The van der Waals surface area contributed by atoms with E-state index in [4.69, 9.17) is 17.3 Å². The molecule has 0 spiro atoms. The van der Waals surface area contributed by atoms with E-state index < -0.39 is 6.04 Å². The number of aliphatic hydroxyl groups excluding tert-OH is 1. The Kier molecular flexibility index (Phi) is 5.08. The van der Waals surface area contributed by atoms with Crippen molar-refractivity contribution in [3.05, 3.63) is 22.7 Å². The molecule has 4 N–H and O–H groups in total. The largest absolute Gasteiger partial charge is 0.395 e. The predicted octanol–water partition coefficient (Wildman–Crippen LogP) is 2.28. The zero-order chi connectivity index (χ0) is 15.6. The Morgan fingerprint density at radius 2 is 2.10 bits per heavy atom. The summed E-state index contributed by atoms with van der Waals surface area (Å²) in [5.74, 6) is -0.213. The minimum atomic E-state index is -0.661. The number of amides is 1. The van der Waals surface area contributed by atoms with Crippen LogP contribution in [0.3, 0.4) is 0 Å². The van der Waals surface area contributed by atoms with Crippen LogP contribution in [-0.2, 0) is 4.79 Å². The summed E-state index contributed by atoms with van der Waals surface area (Å²) in [5.41, 5.74) is 8.09. The molecule has 1 aromatic carbocycles. The van der Waals surface area contributed by atoms with E-state index in [9.17, 15) is 9.90 Å². The maximum atomic E-state index is 11.7. The Balaban J connectivity index is 2.43. The summed E-state index contributed by atoms with van der Waals surface area (Å²) in [4.78, 5) is 13.8. The topological polar surface area (TPSA) is 78.6 Å². The Hall–Kier alpha value is -1.30. The monoisotopic (exact) mass is 311 g/mol. The van der Waals surface area contributed by atoms with Gasteiger partial charge in [0.1, 0.15) is 6.04 Å². The van der Waals surface area contributed by atoms with Gasteiger partial charge in [0, 0.05) is 23.8 Å². The number of hydrogen-bond donors (Lipinski definition) is 3. The molecule has 1 aliphatic rings. The summed E-state index contributed by atoms with van der Waals surface area (Å²) in [5, 5.41) is 12.7. The van der Waals surface area contributed by atoms with Gasteiger partial charge >= 0.3 is 0 Å². The number of anilines is 2. The molecule has 1 unspecified atom stereocenters. The van der Waals surface area contributed by atoms with E-state index in [0.29, 0.717) is 23.3 Å². The first-order valence-electron chi connectivity index (χ1n) is 7.30. The van der Waals surface area contributed by atoms with E-state index in [-0.39, 0.29) is 12.5 Å². The van der Waals surface area contributed by atoms with Crippen molar-refractivity contribution in [2.45, 2.75) is 38.8 Å². The smallest absolute Gasteiger partial charge is 0.245 e. The maximum Gasteiger partial charge on any atom is 0.245 e. The van der Waals surface area contributed by atoms with Crippen LogP contribution in [0.15, 0.2) is 12.1 Å². The molecule has 6 heteroatoms. The summed E-state index contributed by atoms with van der Waals surface area (Å²) in [6.45, 7) is 4.77. The van der Waals surface area contributed by atoms with Crippen LogP contribution in [0.25, 0.3) is 0 Å². The van der Waals surface area contributed by atoms with Crippen LogP contribution in [0.2, 0.25) is 5.02 Å². The number of rotatable bonds is 6. The van der Waals surface area contributed by atoms with Crippen molar-refractivity contribution in [3.8, 4) is 0 Å². The fraction of sp³-hybridized carbons (Fsp3) is 0.533. The molecule has 5 nitrogen and oxygen atoms in total. The van der Waals surface area contributed by atoms with Gasteiger partial charge < -0.3 is 21.1 Å². The molecule has 21 heavy (non-hydrogen) atoms. The number of nitrogens with zero attached hydrogens (tertiary/aromatic N) is 1. The molecule has 0 aromatic heterocycles. The first-order chi connectivity index (χ1) is 10.0. The lowest BCUT2D eigenvalue weighted by Gasteiger charge is -2.33. The normalized spacial score (nSPS) is 17.0. The molecule has 116 valence electrons. The van der Waals surface area contributed by atoms with Crippen molar-refractivity contribution in [1.29, 1.82) is 0 Å². The number of aliphatic hydroxyl groups is 1. The van der Waals surface area contributed by atoms with Crippen LogP contribution in [0.1, 0.15) is 38.3 Å². The SMILES string of the molecule is CCC(CC)N(CCO)c1cc2c(cc1Cl)C(N)C(=O)N2. The molecule has 1 heterocycles. The van der Waals surface area contributed by atoms with Gasteiger partial charge in [-0.2, -0.15) is 0 Å². The molecule has 0 saturated heterocycles. The predicted molar refractivity (Wildman–Crippen MR) is 85.8 cm³/mol. The quantitative estimate of drug-likeness (QED) is 0.753. The first kappa shape index (κ1) is 16.1. The number of carbonyl (C=O) groups excluding carboxylic acids is 1. The number of halogens is 1. The Labute approximate surface area is 130 Å². The van der Waals surface area contributed by atoms with E-state index in [0.717, 1.165) is 24.1 Å². The summed E-state index contributed by atoms with van der Waals surface area (Å²) in [6, 6.07) is 3.24. The second-order valence-corrected chi connectivity index (χ2v) is 5.65. The van der Waals surface area contributed by atoms with Crippen LogP contribution in [0, 0.1) is 0 Å². The van der Waals surface area contributed by atoms with Crippen molar-refractivity contribution < 1.29 is 9.90 Å². The van der Waals surface area contributed by atoms with Gasteiger partial charge in [-0.3, -0.25) is 4.79 Å². The van der Waals surface area contributed by atoms with Gasteiger partial charge in [-0.05, 0) is 25.0 Å². The number of nitrogens with one attached hydrogen (secondary N) is 1. The fourth-order valence-corrected chi connectivity index (χ4v) is 3.13. The number of hydrogen-bond acceptors (Lipinski definition) is 4. The molecule has 0 saturated carbocycles. The highest BCUT2D eigenvalue weighted by molar-refractivity contribution is 6.33. The van der Waals surface area contributed by atoms with Crippen molar-refractivity contribution in [2.75, 3.05) is 23.4 Å². The van der Waals surface area contributed by atoms with Gasteiger partial charge in [-0.15, -0.1) is 0 Å². The van der Waals surface area contributed by atoms with Gasteiger partial charge in [-0.1, -0.05) is 25.4 Å². The Morgan fingerprint density at radius 3 is 2.67 bits per heavy atom. The van der Waals surface area contributed by atoms with Crippen LogP contribution >= 0.6 is 11.6 Å². The molecule has 0 fully saturated rings. The third-order valence-electron chi connectivity index (χ3n) is 4.03. The van der Waals surface area contributed by atoms with Gasteiger partial charge in [0.2, 0.25) is 5.91 Å². The molecule has 1 amide bonds. The van der Waals surface area contributed by atoms with Crippen molar-refractivity contribution >= 4 is 28.9 Å². The zero-order valence-corrected chi connectivity index (χ0v) is 13.2. The highest BCUT2D eigenvalue weighted by Gasteiger charge is 2.29. The molecule has 1 aliphatic heterocycles. The summed E-state index contributed by atoms with van der Waals surface area (Å²) in [7, 11) is 0. The summed E-state index contributed by atoms with van der Waals surface area (Å²) in [6.07, 6.45) is 1.91. The fourth-order valence-electron chi connectivity index (χ4n) is 2.85. The van der Waals surface area contributed by atoms with E-state index >= 15 is 0 Å². The zero-order valence-electron chi connectivity index (χ0n) is 12.4. The standard InChI is InChI=1S/C15H22ClN3O2/c1-3-9(4-2)19(5-6-20)13-8-12-10(7-11(13)16)14(17)15(21)18-12/h7-9,14,20H,3-6,17H2,1-2H3,(H,18,21). The van der Waals surface area contributed by atoms with Gasteiger partial charge in [0.25, 0.3) is 0 Å². The van der Waals surface area contributed by atoms with Gasteiger partial charge in [-0.25, -0.2) is 0 Å². The minimum Gasteiger partial charge on any atom is -0.395 e. The Bertz CT molecular complexity index is 532. The molecule has 0 aliphatic carbocycles. The third kappa shape index (κ3) is 3.00. The molecular weight excluding hydrogens is 290 g/mol. The van der Waals surface area contributed by atoms with Crippen LogP contribution < -0.4 is 16.0 Å². The van der Waals surface area contributed by atoms with Crippen LogP contribution in [-0.4, -0.2) is 30.2 Å².